The van der Waals surface area contributed by atoms with Gasteiger partial charge >= 0.3 is 6.03 Å². The molecule has 0 bridgehead atoms. The Bertz CT molecular complexity index is 930. The van der Waals surface area contributed by atoms with Gasteiger partial charge in [0.25, 0.3) is 5.91 Å². The van der Waals surface area contributed by atoms with Crippen LogP contribution in [0.15, 0.2) is 66.7 Å². The van der Waals surface area contributed by atoms with Crippen LogP contribution in [0.25, 0.3) is 10.8 Å². The summed E-state index contributed by atoms with van der Waals surface area (Å²) in [6.07, 6.45) is 0. The number of nitrogens with zero attached hydrogens (tertiary/aromatic N) is 1. The zero-order valence-electron chi connectivity index (χ0n) is 14.6. The number of primary amides is 1. The molecule has 0 saturated carbocycles. The Morgan fingerprint density at radius 2 is 1.65 bits per heavy atom. The Kier molecular flexibility index (Phi) is 5.17. The van der Waals surface area contributed by atoms with E-state index in [0.717, 1.165) is 21.9 Å². The molecule has 5 nitrogen and oxygen atoms in total. The summed E-state index contributed by atoms with van der Waals surface area (Å²) in [5, 5.41) is 4.85. The normalized spacial score (nSPS) is 10.5. The van der Waals surface area contributed by atoms with Crippen molar-refractivity contribution in [3.8, 4) is 0 Å². The van der Waals surface area contributed by atoms with Gasteiger partial charge in [0.1, 0.15) is 0 Å². The molecular formula is C21H21N3O2. The van der Waals surface area contributed by atoms with Crippen molar-refractivity contribution in [1.82, 2.24) is 10.2 Å². The molecule has 0 heterocycles. The highest BCUT2D eigenvalue weighted by atomic mass is 16.2. The number of benzene rings is 3. The highest BCUT2D eigenvalue weighted by Gasteiger charge is 2.13. The number of nitrogens with one attached hydrogen (secondary N) is 1. The van der Waals surface area contributed by atoms with E-state index in [1.54, 1.807) is 24.1 Å². The second-order valence-electron chi connectivity index (χ2n) is 6.21. The Balaban J connectivity index is 1.72. The van der Waals surface area contributed by atoms with Crippen LogP contribution >= 0.6 is 0 Å². The second kappa shape index (κ2) is 7.70. The van der Waals surface area contributed by atoms with Crippen LogP contribution in [-0.4, -0.2) is 23.9 Å². The highest BCUT2D eigenvalue weighted by molar-refractivity contribution is 5.94. The predicted octanol–water partition coefficient (Wildman–Crippen LogP) is 3.28. The van der Waals surface area contributed by atoms with E-state index in [4.69, 9.17) is 5.73 Å². The largest absolute Gasteiger partial charge is 0.352 e. The van der Waals surface area contributed by atoms with Gasteiger partial charge in [-0.2, -0.15) is 0 Å². The van der Waals surface area contributed by atoms with Crippen molar-refractivity contribution < 1.29 is 9.59 Å². The van der Waals surface area contributed by atoms with Crippen molar-refractivity contribution in [1.29, 1.82) is 0 Å². The van der Waals surface area contributed by atoms with Crippen LogP contribution in [0.5, 0.6) is 0 Å². The molecule has 0 aliphatic rings. The average Bonchev–Trinajstić information content (AvgIpc) is 2.66. The summed E-state index contributed by atoms with van der Waals surface area (Å²) in [6, 6.07) is 20.9. The number of hydrogen-bond donors (Lipinski definition) is 2. The van der Waals surface area contributed by atoms with E-state index in [1.807, 2.05) is 36.4 Å². The third kappa shape index (κ3) is 4.00. The molecule has 0 unspecified atom stereocenters. The smallest absolute Gasteiger partial charge is 0.312 e. The Labute approximate surface area is 152 Å². The zero-order valence-corrected chi connectivity index (χ0v) is 14.6. The number of hydrogen-bond acceptors (Lipinski definition) is 2. The number of carbonyl (C=O) groups is 2. The first kappa shape index (κ1) is 17.5. The summed E-state index contributed by atoms with van der Waals surface area (Å²) in [5.41, 5.74) is 7.67. The van der Waals surface area contributed by atoms with Crippen molar-refractivity contribution in [2.24, 2.45) is 5.73 Å². The molecule has 3 amide bonds. The van der Waals surface area contributed by atoms with Crippen LogP contribution in [0.1, 0.15) is 21.5 Å². The molecule has 132 valence electrons. The highest BCUT2D eigenvalue weighted by Crippen LogP contribution is 2.20. The Hall–Kier alpha value is -3.34. The molecule has 3 aromatic rings. The molecule has 0 fully saturated rings. The van der Waals surface area contributed by atoms with Gasteiger partial charge in [-0.15, -0.1) is 0 Å². The van der Waals surface area contributed by atoms with E-state index < -0.39 is 6.03 Å². The van der Waals surface area contributed by atoms with Crippen LogP contribution in [0.2, 0.25) is 0 Å². The van der Waals surface area contributed by atoms with E-state index in [-0.39, 0.29) is 5.91 Å². The molecule has 3 aromatic carbocycles. The molecule has 0 radical (unpaired) electrons. The van der Waals surface area contributed by atoms with Crippen LogP contribution in [0, 0.1) is 0 Å². The van der Waals surface area contributed by atoms with Crippen LogP contribution < -0.4 is 11.1 Å². The first-order valence-electron chi connectivity index (χ1n) is 8.39. The van der Waals surface area contributed by atoms with Gasteiger partial charge in [-0.1, -0.05) is 54.6 Å². The van der Waals surface area contributed by atoms with Gasteiger partial charge in [-0.3, -0.25) is 4.79 Å². The maximum Gasteiger partial charge on any atom is 0.312 e. The number of amides is 3. The lowest BCUT2D eigenvalue weighted by Gasteiger charge is -2.19. The molecule has 0 aliphatic heterocycles. The van der Waals surface area contributed by atoms with Gasteiger partial charge in [0.05, 0.1) is 0 Å². The van der Waals surface area contributed by atoms with Gasteiger partial charge in [-0.25, -0.2) is 4.79 Å². The van der Waals surface area contributed by atoms with Crippen molar-refractivity contribution in [2.75, 3.05) is 7.05 Å². The molecule has 0 aliphatic carbocycles. The van der Waals surface area contributed by atoms with Crippen molar-refractivity contribution in [2.45, 2.75) is 13.1 Å². The lowest BCUT2D eigenvalue weighted by Crippen LogP contribution is -2.28. The second-order valence-corrected chi connectivity index (χ2v) is 6.21. The number of carbonyl (C=O) groups excluding carboxylic acids is 2. The molecule has 3 rings (SSSR count). The van der Waals surface area contributed by atoms with E-state index in [1.165, 1.54) is 0 Å². The average molecular weight is 347 g/mol. The Morgan fingerprint density at radius 1 is 0.962 bits per heavy atom. The van der Waals surface area contributed by atoms with Gasteiger partial charge in [-0.05, 0) is 34.0 Å². The van der Waals surface area contributed by atoms with Crippen molar-refractivity contribution in [3.05, 3.63) is 83.4 Å². The molecule has 3 N–H and O–H groups in total. The number of nitrogens with two attached hydrogens (primary N) is 1. The van der Waals surface area contributed by atoms with Crippen LogP contribution in [0.4, 0.5) is 4.79 Å². The quantitative estimate of drug-likeness (QED) is 0.743. The first-order chi connectivity index (χ1) is 12.5. The summed E-state index contributed by atoms with van der Waals surface area (Å²) in [5.74, 6) is -0.0488. The summed E-state index contributed by atoms with van der Waals surface area (Å²) in [4.78, 5) is 25.2. The fourth-order valence-corrected chi connectivity index (χ4v) is 2.93. The van der Waals surface area contributed by atoms with Crippen molar-refractivity contribution in [3.63, 3.8) is 0 Å². The summed E-state index contributed by atoms with van der Waals surface area (Å²) >= 11 is 0. The minimum atomic E-state index is -0.569. The lowest BCUT2D eigenvalue weighted by atomic mass is 10.0. The van der Waals surface area contributed by atoms with E-state index in [2.05, 4.69) is 23.5 Å². The van der Waals surface area contributed by atoms with Gasteiger partial charge in [0.2, 0.25) is 0 Å². The third-order valence-corrected chi connectivity index (χ3v) is 4.30. The molecule has 26 heavy (non-hydrogen) atoms. The van der Waals surface area contributed by atoms with E-state index in [9.17, 15) is 9.59 Å². The predicted molar refractivity (Wildman–Crippen MR) is 103 cm³/mol. The lowest BCUT2D eigenvalue weighted by molar-refractivity contribution is 0.0785. The minimum Gasteiger partial charge on any atom is -0.352 e. The van der Waals surface area contributed by atoms with Gasteiger partial charge in [0.15, 0.2) is 0 Å². The summed E-state index contributed by atoms with van der Waals surface area (Å²) in [7, 11) is 1.80. The van der Waals surface area contributed by atoms with Crippen LogP contribution in [0.3, 0.4) is 0 Å². The maximum atomic E-state index is 12.7. The molecule has 0 aromatic heterocycles. The minimum absolute atomic E-state index is 0.0488. The standard InChI is InChI=1S/C21H21N3O2/c1-24(14-18-7-4-6-16-5-2-3-8-19(16)18)20(25)17-11-9-15(10-12-17)13-23-21(22)26/h2-12H,13-14H2,1H3,(H3,22,23,26). The maximum absolute atomic E-state index is 12.7. The first-order valence-corrected chi connectivity index (χ1v) is 8.39. The monoisotopic (exact) mass is 347 g/mol. The summed E-state index contributed by atoms with van der Waals surface area (Å²) in [6.45, 7) is 0.876. The van der Waals surface area contributed by atoms with E-state index in [0.29, 0.717) is 18.7 Å². The molecular weight excluding hydrogens is 326 g/mol. The van der Waals surface area contributed by atoms with Crippen LogP contribution in [-0.2, 0) is 13.1 Å². The van der Waals surface area contributed by atoms with Gasteiger partial charge in [0, 0.05) is 25.7 Å². The third-order valence-electron chi connectivity index (χ3n) is 4.30. The molecule has 5 heteroatoms. The summed E-state index contributed by atoms with van der Waals surface area (Å²) < 4.78 is 0. The number of fused-ring (bicyclic) bond motifs is 1. The SMILES string of the molecule is CN(Cc1cccc2ccccc12)C(=O)c1ccc(CNC(N)=O)cc1. The fourth-order valence-electron chi connectivity index (χ4n) is 2.93. The zero-order chi connectivity index (χ0) is 18.5. The Morgan fingerprint density at radius 3 is 2.38 bits per heavy atom. The van der Waals surface area contributed by atoms with Gasteiger partial charge < -0.3 is 16.0 Å². The molecule has 0 atom stereocenters. The number of rotatable bonds is 5. The number of urea groups is 1. The molecule has 0 spiro atoms. The molecule has 0 saturated heterocycles. The van der Waals surface area contributed by atoms with E-state index >= 15 is 0 Å². The topological polar surface area (TPSA) is 75.4 Å². The fraction of sp³-hybridized carbons (Fsp3) is 0.143. The van der Waals surface area contributed by atoms with Crippen molar-refractivity contribution >= 4 is 22.7 Å².